The maximum atomic E-state index is 10.7. The second-order valence-electron chi connectivity index (χ2n) is 4.62. The molecule has 0 bridgehead atoms. The fourth-order valence-electron chi connectivity index (χ4n) is 2.08. The molecule has 0 aliphatic heterocycles. The Morgan fingerprint density at radius 3 is 2.58 bits per heavy atom. The zero-order valence-corrected chi connectivity index (χ0v) is 12.6. The number of nitro groups is 1. The zero-order valence-electron chi connectivity index (χ0n) is 11.8. The van der Waals surface area contributed by atoms with Gasteiger partial charge in [-0.2, -0.15) is 11.8 Å². The number of non-ortho nitro benzene ring substituents is 1. The van der Waals surface area contributed by atoms with Gasteiger partial charge < -0.3 is 5.32 Å². The van der Waals surface area contributed by atoms with Gasteiger partial charge >= 0.3 is 0 Å². The molecule has 1 aromatic carbocycles. The van der Waals surface area contributed by atoms with Crippen molar-refractivity contribution in [2.45, 2.75) is 38.0 Å². The summed E-state index contributed by atoms with van der Waals surface area (Å²) in [5.41, 5.74) is 1.11. The van der Waals surface area contributed by atoms with Gasteiger partial charge in [-0.05, 0) is 24.7 Å². The van der Waals surface area contributed by atoms with E-state index in [4.69, 9.17) is 0 Å². The summed E-state index contributed by atoms with van der Waals surface area (Å²) >= 11 is 1.89. The molecular weight excluding hydrogens is 260 g/mol. The number of hydrogen-bond donors (Lipinski definition) is 1. The lowest BCUT2D eigenvalue weighted by Crippen LogP contribution is -2.36. The van der Waals surface area contributed by atoms with E-state index in [1.165, 1.54) is 6.07 Å². The Labute approximate surface area is 119 Å². The van der Waals surface area contributed by atoms with Crippen LogP contribution in [0.2, 0.25) is 0 Å². The highest BCUT2D eigenvalue weighted by molar-refractivity contribution is 8.00. The zero-order chi connectivity index (χ0) is 14.3. The van der Waals surface area contributed by atoms with Gasteiger partial charge in [0.2, 0.25) is 0 Å². The maximum Gasteiger partial charge on any atom is 0.269 e. The molecule has 0 saturated carbocycles. The van der Waals surface area contributed by atoms with Gasteiger partial charge in [0.25, 0.3) is 5.69 Å². The van der Waals surface area contributed by atoms with E-state index < -0.39 is 0 Å². The Hall–Kier alpha value is -1.07. The molecule has 4 nitrogen and oxygen atoms in total. The van der Waals surface area contributed by atoms with Crippen LogP contribution in [0.1, 0.15) is 32.3 Å². The van der Waals surface area contributed by atoms with E-state index in [0.717, 1.165) is 24.9 Å². The van der Waals surface area contributed by atoms with E-state index in [0.29, 0.717) is 6.54 Å². The fourth-order valence-corrected chi connectivity index (χ4v) is 2.90. The molecule has 0 fully saturated rings. The number of rotatable bonds is 8. The van der Waals surface area contributed by atoms with Crippen LogP contribution in [0.5, 0.6) is 0 Å². The third-order valence-electron chi connectivity index (χ3n) is 3.62. The van der Waals surface area contributed by atoms with Crippen molar-refractivity contribution in [3.8, 4) is 0 Å². The third kappa shape index (κ3) is 4.51. The molecule has 0 amide bonds. The SMILES string of the molecule is CCC(CC)(CNCc1cccc([N+](=O)[O-])c1)SC. The monoisotopic (exact) mass is 282 g/mol. The molecule has 1 N–H and O–H groups in total. The third-order valence-corrected chi connectivity index (χ3v) is 5.21. The molecule has 0 radical (unpaired) electrons. The Morgan fingerprint density at radius 1 is 1.37 bits per heavy atom. The average molecular weight is 282 g/mol. The highest BCUT2D eigenvalue weighted by Crippen LogP contribution is 2.29. The summed E-state index contributed by atoms with van der Waals surface area (Å²) in [7, 11) is 0. The van der Waals surface area contributed by atoms with Gasteiger partial charge in [-0.15, -0.1) is 0 Å². The van der Waals surface area contributed by atoms with Gasteiger partial charge in [0.05, 0.1) is 4.92 Å². The lowest BCUT2D eigenvalue weighted by atomic mass is 10.0. The van der Waals surface area contributed by atoms with Crippen LogP contribution in [0.15, 0.2) is 24.3 Å². The second-order valence-corrected chi connectivity index (χ2v) is 5.90. The van der Waals surface area contributed by atoms with Crippen LogP contribution in [-0.4, -0.2) is 22.5 Å². The van der Waals surface area contributed by atoms with Gasteiger partial charge in [-0.3, -0.25) is 10.1 Å². The molecule has 0 unspecified atom stereocenters. The minimum absolute atomic E-state index is 0.154. The summed E-state index contributed by atoms with van der Waals surface area (Å²) in [6.07, 6.45) is 4.38. The van der Waals surface area contributed by atoms with Gasteiger partial charge in [-0.25, -0.2) is 0 Å². The lowest BCUT2D eigenvalue weighted by Gasteiger charge is -2.30. The number of nitro benzene ring substituents is 1. The summed E-state index contributed by atoms with van der Waals surface area (Å²) in [6, 6.07) is 6.80. The van der Waals surface area contributed by atoms with Crippen molar-refractivity contribution in [3.63, 3.8) is 0 Å². The number of benzene rings is 1. The van der Waals surface area contributed by atoms with Gasteiger partial charge in [0, 0.05) is 30.0 Å². The highest BCUT2D eigenvalue weighted by Gasteiger charge is 2.23. The van der Waals surface area contributed by atoms with E-state index >= 15 is 0 Å². The standard InChI is InChI=1S/C14H22N2O2S/c1-4-14(5-2,19-3)11-15-10-12-7-6-8-13(9-12)16(17)18/h6-9,15H,4-5,10-11H2,1-3H3. The first-order chi connectivity index (χ1) is 9.06. The van der Waals surface area contributed by atoms with Gasteiger partial charge in [-0.1, -0.05) is 26.0 Å². The number of nitrogens with one attached hydrogen (secondary N) is 1. The van der Waals surface area contributed by atoms with Crippen LogP contribution in [0.25, 0.3) is 0 Å². The summed E-state index contributed by atoms with van der Waals surface area (Å²) in [5.74, 6) is 0. The van der Waals surface area contributed by atoms with E-state index in [-0.39, 0.29) is 15.4 Å². The van der Waals surface area contributed by atoms with Crippen LogP contribution >= 0.6 is 11.8 Å². The molecule has 0 aliphatic carbocycles. The molecule has 19 heavy (non-hydrogen) atoms. The molecule has 0 heterocycles. The summed E-state index contributed by atoms with van der Waals surface area (Å²) in [6.45, 7) is 6.00. The van der Waals surface area contributed by atoms with Crippen LogP contribution in [0, 0.1) is 10.1 Å². The number of thioether (sulfide) groups is 1. The van der Waals surface area contributed by atoms with E-state index in [1.807, 2.05) is 17.8 Å². The Bertz CT molecular complexity index is 411. The number of hydrogen-bond acceptors (Lipinski definition) is 4. The molecule has 1 rings (SSSR count). The van der Waals surface area contributed by atoms with Crippen molar-refractivity contribution < 1.29 is 4.92 Å². The van der Waals surface area contributed by atoms with Crippen molar-refractivity contribution in [1.82, 2.24) is 5.32 Å². The summed E-state index contributed by atoms with van der Waals surface area (Å²) in [5, 5.41) is 14.1. The highest BCUT2D eigenvalue weighted by atomic mass is 32.2. The average Bonchev–Trinajstić information content (AvgIpc) is 2.44. The van der Waals surface area contributed by atoms with Gasteiger partial charge in [0.1, 0.15) is 0 Å². The van der Waals surface area contributed by atoms with Crippen LogP contribution in [-0.2, 0) is 6.54 Å². The van der Waals surface area contributed by atoms with Crippen LogP contribution in [0.4, 0.5) is 5.69 Å². The molecule has 1 aromatic rings. The Balaban J connectivity index is 2.57. The van der Waals surface area contributed by atoms with Gasteiger partial charge in [0.15, 0.2) is 0 Å². The molecule has 0 spiro atoms. The molecule has 0 atom stereocenters. The molecule has 0 aromatic heterocycles. The first kappa shape index (κ1) is 16.0. The molecule has 5 heteroatoms. The quantitative estimate of drug-likeness (QED) is 0.584. The predicted octanol–water partition coefficient (Wildman–Crippen LogP) is 3.61. The minimum atomic E-state index is -0.353. The summed E-state index contributed by atoms with van der Waals surface area (Å²) < 4.78 is 0.265. The summed E-state index contributed by atoms with van der Waals surface area (Å²) in [4.78, 5) is 10.4. The number of nitrogens with zero attached hydrogens (tertiary/aromatic N) is 1. The van der Waals surface area contributed by atoms with Crippen molar-refractivity contribution >= 4 is 17.4 Å². The first-order valence-electron chi connectivity index (χ1n) is 6.56. The normalized spacial score (nSPS) is 11.5. The van der Waals surface area contributed by atoms with E-state index in [2.05, 4.69) is 25.4 Å². The topological polar surface area (TPSA) is 55.2 Å². The second kappa shape index (κ2) is 7.50. The molecular formula is C14H22N2O2S. The van der Waals surface area contributed by atoms with Crippen LogP contribution in [0.3, 0.4) is 0 Å². The smallest absolute Gasteiger partial charge is 0.269 e. The predicted molar refractivity (Wildman–Crippen MR) is 81.6 cm³/mol. The Morgan fingerprint density at radius 2 is 2.05 bits per heavy atom. The van der Waals surface area contributed by atoms with Crippen LogP contribution < -0.4 is 5.32 Å². The largest absolute Gasteiger partial charge is 0.311 e. The van der Waals surface area contributed by atoms with Crippen molar-refractivity contribution in [3.05, 3.63) is 39.9 Å². The van der Waals surface area contributed by atoms with Crippen molar-refractivity contribution in [2.75, 3.05) is 12.8 Å². The first-order valence-corrected chi connectivity index (χ1v) is 7.78. The van der Waals surface area contributed by atoms with E-state index in [1.54, 1.807) is 12.1 Å². The molecule has 106 valence electrons. The minimum Gasteiger partial charge on any atom is -0.311 e. The van der Waals surface area contributed by atoms with Crippen molar-refractivity contribution in [2.24, 2.45) is 0 Å². The van der Waals surface area contributed by atoms with Crippen molar-refractivity contribution in [1.29, 1.82) is 0 Å². The fraction of sp³-hybridized carbons (Fsp3) is 0.571. The molecule has 0 saturated heterocycles. The molecule has 0 aliphatic rings. The Kier molecular flexibility index (Phi) is 6.31. The van der Waals surface area contributed by atoms with E-state index in [9.17, 15) is 10.1 Å². The maximum absolute atomic E-state index is 10.7. The lowest BCUT2D eigenvalue weighted by molar-refractivity contribution is -0.384.